The van der Waals surface area contributed by atoms with Gasteiger partial charge in [0.2, 0.25) is 17.6 Å². The highest BCUT2D eigenvalue weighted by atomic mass is 16.5. The molecule has 1 aromatic rings. The first kappa shape index (κ1) is 21.9. The van der Waals surface area contributed by atoms with Crippen molar-refractivity contribution >= 4 is 23.6 Å². The van der Waals surface area contributed by atoms with Crippen LogP contribution in [0, 0.1) is 31.6 Å². The summed E-state index contributed by atoms with van der Waals surface area (Å²) in [5, 5.41) is 0. The Labute approximate surface area is 177 Å². The number of esters is 1. The smallest absolute Gasteiger partial charge is 0.329 e. The number of ether oxygens (including phenoxy) is 1. The maximum absolute atomic E-state index is 12.9. The number of benzene rings is 1. The maximum Gasteiger partial charge on any atom is 0.329 e. The number of ketones is 1. The Morgan fingerprint density at radius 2 is 1.67 bits per heavy atom. The van der Waals surface area contributed by atoms with E-state index in [2.05, 4.69) is 0 Å². The minimum absolute atomic E-state index is 0.0682. The summed E-state index contributed by atoms with van der Waals surface area (Å²) in [6.45, 7) is 7.14. The van der Waals surface area contributed by atoms with Crippen LogP contribution in [0.1, 0.15) is 54.6 Å². The predicted octanol–water partition coefficient (Wildman–Crippen LogP) is 3.40. The maximum atomic E-state index is 12.9. The van der Waals surface area contributed by atoms with Gasteiger partial charge < -0.3 is 4.74 Å². The highest BCUT2D eigenvalue weighted by molar-refractivity contribution is 6.08. The Bertz CT molecular complexity index is 875. The van der Waals surface area contributed by atoms with Crippen molar-refractivity contribution in [3.8, 4) is 0 Å². The molecule has 6 heteroatoms. The van der Waals surface area contributed by atoms with Gasteiger partial charge in [-0.05, 0) is 50.7 Å². The molecule has 1 heterocycles. The molecular formula is C24H29NO5. The van der Waals surface area contributed by atoms with E-state index in [1.165, 1.54) is 0 Å². The van der Waals surface area contributed by atoms with Crippen LogP contribution in [0.5, 0.6) is 0 Å². The van der Waals surface area contributed by atoms with E-state index < -0.39 is 30.5 Å². The van der Waals surface area contributed by atoms with Gasteiger partial charge in [0.25, 0.3) is 0 Å². The Hall–Kier alpha value is -2.76. The van der Waals surface area contributed by atoms with Crippen LogP contribution >= 0.6 is 0 Å². The van der Waals surface area contributed by atoms with E-state index in [9.17, 15) is 19.2 Å². The lowest BCUT2D eigenvalue weighted by Crippen LogP contribution is -2.47. The van der Waals surface area contributed by atoms with Gasteiger partial charge in [-0.2, -0.15) is 0 Å². The Morgan fingerprint density at radius 1 is 1.07 bits per heavy atom. The van der Waals surface area contributed by atoms with Crippen molar-refractivity contribution in [2.24, 2.45) is 17.8 Å². The van der Waals surface area contributed by atoms with E-state index in [4.69, 9.17) is 4.74 Å². The summed E-state index contributed by atoms with van der Waals surface area (Å²) in [6, 6.07) is 4.53. The molecule has 30 heavy (non-hydrogen) atoms. The third kappa shape index (κ3) is 4.37. The molecule has 2 amide bonds. The second-order valence-corrected chi connectivity index (χ2v) is 8.70. The number of nitrogens with zero attached hydrogens (tertiary/aromatic N) is 1. The molecule has 3 atom stereocenters. The van der Waals surface area contributed by atoms with Gasteiger partial charge in [-0.25, -0.2) is 4.79 Å². The molecule has 0 aromatic heterocycles. The molecule has 6 nitrogen and oxygen atoms in total. The SMILES string of the molecule is Cc1ccc(C)c(C(=O)COC(=O)C(CC(C)C)N2C(=O)C3CC=CCC3C2=O)c1. The molecule has 3 unspecified atom stereocenters. The molecule has 0 saturated carbocycles. The summed E-state index contributed by atoms with van der Waals surface area (Å²) in [5.41, 5.74) is 2.26. The number of hydrogen-bond acceptors (Lipinski definition) is 5. The van der Waals surface area contributed by atoms with Crippen molar-refractivity contribution in [2.75, 3.05) is 6.61 Å². The largest absolute Gasteiger partial charge is 0.456 e. The summed E-state index contributed by atoms with van der Waals surface area (Å²) in [5.74, 6) is -2.35. The van der Waals surface area contributed by atoms with Crippen molar-refractivity contribution in [2.45, 2.75) is 53.0 Å². The molecule has 1 aromatic carbocycles. The van der Waals surface area contributed by atoms with E-state index in [1.807, 2.05) is 52.0 Å². The fraction of sp³-hybridized carbons (Fsp3) is 0.500. The minimum Gasteiger partial charge on any atom is -0.456 e. The number of amides is 2. The van der Waals surface area contributed by atoms with Gasteiger partial charge in [0, 0.05) is 5.56 Å². The summed E-state index contributed by atoms with van der Waals surface area (Å²) < 4.78 is 5.33. The number of carbonyl (C=O) groups excluding carboxylic acids is 4. The molecular weight excluding hydrogens is 382 g/mol. The second-order valence-electron chi connectivity index (χ2n) is 8.70. The van der Waals surface area contributed by atoms with Crippen LogP contribution in [0.3, 0.4) is 0 Å². The highest BCUT2D eigenvalue weighted by Gasteiger charge is 2.51. The van der Waals surface area contributed by atoms with Gasteiger partial charge in [0.15, 0.2) is 6.61 Å². The quantitative estimate of drug-likeness (QED) is 0.297. The lowest BCUT2D eigenvalue weighted by atomic mass is 9.85. The molecule has 1 aliphatic heterocycles. The van der Waals surface area contributed by atoms with Crippen molar-refractivity contribution in [3.63, 3.8) is 0 Å². The average molecular weight is 411 g/mol. The van der Waals surface area contributed by atoms with Crippen LogP contribution in [0.15, 0.2) is 30.4 Å². The van der Waals surface area contributed by atoms with Crippen LogP contribution in [-0.4, -0.2) is 41.1 Å². The van der Waals surface area contributed by atoms with Gasteiger partial charge in [-0.3, -0.25) is 19.3 Å². The van der Waals surface area contributed by atoms with E-state index in [-0.39, 0.29) is 23.5 Å². The second kappa shape index (κ2) is 8.94. The van der Waals surface area contributed by atoms with Crippen LogP contribution in [0.25, 0.3) is 0 Å². The lowest BCUT2D eigenvalue weighted by Gasteiger charge is -2.26. The van der Waals surface area contributed by atoms with Gasteiger partial charge >= 0.3 is 5.97 Å². The Balaban J connectivity index is 1.75. The molecule has 0 spiro atoms. The molecule has 1 aliphatic carbocycles. The molecule has 0 radical (unpaired) electrons. The first-order chi connectivity index (χ1) is 14.2. The fourth-order valence-electron chi connectivity index (χ4n) is 4.23. The van der Waals surface area contributed by atoms with Crippen molar-refractivity contribution in [3.05, 3.63) is 47.0 Å². The minimum atomic E-state index is -0.998. The fourth-order valence-corrected chi connectivity index (χ4v) is 4.23. The van der Waals surface area contributed by atoms with Gasteiger partial charge in [0.05, 0.1) is 11.8 Å². The molecule has 2 aliphatic rings. The normalized spacial score (nSPS) is 21.7. The Kier molecular flexibility index (Phi) is 6.54. The van der Waals surface area contributed by atoms with E-state index in [0.717, 1.165) is 16.0 Å². The summed E-state index contributed by atoms with van der Waals surface area (Å²) in [6.07, 6.45) is 5.16. The predicted molar refractivity (Wildman–Crippen MR) is 112 cm³/mol. The van der Waals surface area contributed by atoms with E-state index >= 15 is 0 Å². The van der Waals surface area contributed by atoms with Crippen LogP contribution in [0.2, 0.25) is 0 Å². The third-order valence-corrected chi connectivity index (χ3v) is 5.86. The summed E-state index contributed by atoms with van der Waals surface area (Å²) in [4.78, 5) is 52.4. The number of rotatable bonds is 7. The lowest BCUT2D eigenvalue weighted by molar-refractivity contribution is -0.158. The first-order valence-electron chi connectivity index (χ1n) is 10.5. The summed E-state index contributed by atoms with van der Waals surface area (Å²) >= 11 is 0. The number of carbonyl (C=O) groups is 4. The molecule has 0 N–H and O–H groups in total. The summed E-state index contributed by atoms with van der Waals surface area (Å²) in [7, 11) is 0. The monoisotopic (exact) mass is 411 g/mol. The van der Waals surface area contributed by atoms with E-state index in [1.54, 1.807) is 6.07 Å². The standard InChI is InChI=1S/C24H29NO5/c1-14(2)11-20(25-22(27)17-7-5-6-8-18(17)23(25)28)24(29)30-13-21(26)19-12-15(3)9-10-16(19)4/h5-6,9-10,12,14,17-18,20H,7-8,11,13H2,1-4H3. The van der Waals surface area contributed by atoms with Gasteiger partial charge in [0.1, 0.15) is 6.04 Å². The third-order valence-electron chi connectivity index (χ3n) is 5.86. The zero-order valence-electron chi connectivity index (χ0n) is 18.0. The molecule has 3 rings (SSSR count). The Morgan fingerprint density at radius 3 is 2.23 bits per heavy atom. The molecule has 0 bridgehead atoms. The number of hydrogen-bond donors (Lipinski definition) is 0. The highest BCUT2D eigenvalue weighted by Crippen LogP contribution is 2.37. The number of aryl methyl sites for hydroxylation is 2. The number of allylic oxidation sites excluding steroid dienone is 2. The molecule has 1 saturated heterocycles. The number of Topliss-reactive ketones (excluding diaryl/α,β-unsaturated/α-hetero) is 1. The topological polar surface area (TPSA) is 80.8 Å². The van der Waals surface area contributed by atoms with Crippen LogP contribution < -0.4 is 0 Å². The molecule has 1 fully saturated rings. The van der Waals surface area contributed by atoms with Crippen LogP contribution in [0.4, 0.5) is 0 Å². The zero-order chi connectivity index (χ0) is 22.0. The number of imide groups is 1. The van der Waals surface area contributed by atoms with Gasteiger partial charge in [-0.15, -0.1) is 0 Å². The van der Waals surface area contributed by atoms with Crippen LogP contribution in [-0.2, 0) is 19.1 Å². The van der Waals surface area contributed by atoms with Gasteiger partial charge in [-0.1, -0.05) is 43.7 Å². The zero-order valence-corrected chi connectivity index (χ0v) is 18.0. The van der Waals surface area contributed by atoms with Crippen molar-refractivity contribution in [1.82, 2.24) is 4.90 Å². The average Bonchev–Trinajstić information content (AvgIpc) is 2.96. The number of likely N-dealkylation sites (tertiary alicyclic amines) is 1. The van der Waals surface area contributed by atoms with Crippen molar-refractivity contribution in [1.29, 1.82) is 0 Å². The first-order valence-corrected chi connectivity index (χ1v) is 10.5. The number of fused-ring (bicyclic) bond motifs is 1. The van der Waals surface area contributed by atoms with E-state index in [0.29, 0.717) is 24.8 Å². The van der Waals surface area contributed by atoms with Crippen molar-refractivity contribution < 1.29 is 23.9 Å². The molecule has 160 valence electrons.